The zero-order valence-electron chi connectivity index (χ0n) is 19.7. The Morgan fingerprint density at radius 1 is 1.23 bits per heavy atom. The molecule has 2 rings (SSSR count). The van der Waals surface area contributed by atoms with E-state index in [0.717, 1.165) is 41.4 Å². The fourth-order valence-corrected chi connectivity index (χ4v) is 3.52. The summed E-state index contributed by atoms with van der Waals surface area (Å²) in [6, 6.07) is 8.44. The van der Waals surface area contributed by atoms with Crippen molar-refractivity contribution >= 4 is 17.4 Å². The molecule has 1 aromatic carbocycles. The Balaban J connectivity index is 2.56. The van der Waals surface area contributed by atoms with Crippen molar-refractivity contribution in [1.82, 2.24) is 14.9 Å². The second kappa shape index (κ2) is 11.9. The first kappa shape index (κ1) is 24.9. The Hall–Kier alpha value is -2.37. The predicted octanol–water partition coefficient (Wildman–Crippen LogP) is 6.35. The van der Waals surface area contributed by atoms with Gasteiger partial charge in [0.25, 0.3) is 0 Å². The summed E-state index contributed by atoms with van der Waals surface area (Å²) in [5.74, 6) is 1.59. The molecule has 0 saturated heterocycles. The highest BCUT2D eigenvalue weighted by Crippen LogP contribution is 2.31. The molecule has 0 saturated carbocycles. The number of benzene rings is 1. The highest BCUT2D eigenvalue weighted by molar-refractivity contribution is 6.28. The summed E-state index contributed by atoms with van der Waals surface area (Å²) in [5, 5.41) is 3.92. The third kappa shape index (κ3) is 6.81. The fourth-order valence-electron chi connectivity index (χ4n) is 3.31. The lowest BCUT2D eigenvalue weighted by atomic mass is 9.96. The minimum absolute atomic E-state index is 0.0875. The maximum atomic E-state index is 6.27. The van der Waals surface area contributed by atoms with Crippen molar-refractivity contribution in [2.45, 2.75) is 59.7 Å². The minimum Gasteiger partial charge on any atom is -0.497 e. The first-order chi connectivity index (χ1) is 14.8. The Bertz CT molecular complexity index is 906. The van der Waals surface area contributed by atoms with Gasteiger partial charge in [0.2, 0.25) is 5.28 Å². The van der Waals surface area contributed by atoms with E-state index in [1.807, 2.05) is 26.0 Å². The molecule has 1 N–H and O–H groups in total. The summed E-state index contributed by atoms with van der Waals surface area (Å²) in [6.07, 6.45) is 7.37. The first-order valence-corrected chi connectivity index (χ1v) is 11.1. The van der Waals surface area contributed by atoms with E-state index >= 15 is 0 Å². The third-order valence-corrected chi connectivity index (χ3v) is 5.51. The molecule has 0 aliphatic heterocycles. The number of rotatable bonds is 10. The van der Waals surface area contributed by atoms with E-state index in [1.54, 1.807) is 7.11 Å². The molecule has 6 heteroatoms. The van der Waals surface area contributed by atoms with Crippen LogP contribution in [-0.4, -0.2) is 35.1 Å². The Morgan fingerprint density at radius 3 is 2.45 bits per heavy atom. The summed E-state index contributed by atoms with van der Waals surface area (Å²) in [4.78, 5) is 11.3. The second-order valence-corrected chi connectivity index (χ2v) is 8.22. The van der Waals surface area contributed by atoms with Crippen molar-refractivity contribution in [3.8, 4) is 5.75 Å². The number of ether oxygens (including phenoxy) is 1. The van der Waals surface area contributed by atoms with Crippen LogP contribution in [0.5, 0.6) is 5.75 Å². The van der Waals surface area contributed by atoms with E-state index in [1.165, 1.54) is 5.57 Å². The molecule has 1 atom stereocenters. The highest BCUT2D eigenvalue weighted by atomic mass is 35.5. The molecule has 5 nitrogen and oxygen atoms in total. The van der Waals surface area contributed by atoms with Gasteiger partial charge in [-0.25, -0.2) is 9.97 Å². The van der Waals surface area contributed by atoms with E-state index in [4.69, 9.17) is 16.3 Å². The molecule has 2 aromatic rings. The number of allylic oxidation sites excluding steroid dienone is 2. The smallest absolute Gasteiger partial charge is 0.224 e. The van der Waals surface area contributed by atoms with Gasteiger partial charge in [0, 0.05) is 23.8 Å². The van der Waals surface area contributed by atoms with Gasteiger partial charge in [-0.15, -0.1) is 0 Å². The van der Waals surface area contributed by atoms with Crippen LogP contribution in [0.15, 0.2) is 48.1 Å². The van der Waals surface area contributed by atoms with Crippen LogP contribution in [0.3, 0.4) is 0 Å². The Kier molecular flexibility index (Phi) is 9.53. The number of hydrogen-bond acceptors (Lipinski definition) is 5. The molecule has 1 unspecified atom stereocenters. The average molecular weight is 443 g/mol. The van der Waals surface area contributed by atoms with E-state index in [0.29, 0.717) is 6.04 Å². The summed E-state index contributed by atoms with van der Waals surface area (Å²) in [7, 11) is 3.78. The lowest BCUT2D eigenvalue weighted by Crippen LogP contribution is -2.27. The zero-order valence-corrected chi connectivity index (χ0v) is 20.5. The van der Waals surface area contributed by atoms with Crippen LogP contribution in [0.1, 0.15) is 57.0 Å². The van der Waals surface area contributed by atoms with E-state index < -0.39 is 0 Å². The Labute approximate surface area is 192 Å². The van der Waals surface area contributed by atoms with Crippen LogP contribution in [0, 0.1) is 6.92 Å². The van der Waals surface area contributed by atoms with Gasteiger partial charge in [0.05, 0.1) is 13.2 Å². The van der Waals surface area contributed by atoms with Crippen LogP contribution in [0.2, 0.25) is 5.28 Å². The summed E-state index contributed by atoms with van der Waals surface area (Å²) in [6.45, 7) is 11.2. The molecule has 0 aliphatic carbocycles. The summed E-state index contributed by atoms with van der Waals surface area (Å²) < 4.78 is 5.35. The topological polar surface area (TPSA) is 50.3 Å². The van der Waals surface area contributed by atoms with Crippen LogP contribution in [-0.2, 0) is 6.54 Å². The molecule has 0 fully saturated rings. The van der Waals surface area contributed by atoms with Crippen LogP contribution in [0.25, 0.3) is 0 Å². The van der Waals surface area contributed by atoms with Crippen molar-refractivity contribution in [2.24, 2.45) is 0 Å². The lowest BCUT2D eigenvalue weighted by Gasteiger charge is -2.26. The lowest BCUT2D eigenvalue weighted by molar-refractivity contribution is 0.265. The van der Waals surface area contributed by atoms with E-state index in [-0.39, 0.29) is 11.3 Å². The molecule has 1 heterocycles. The number of anilines is 1. The quantitative estimate of drug-likeness (QED) is 0.343. The molecular weight excluding hydrogens is 408 g/mol. The average Bonchev–Trinajstić information content (AvgIpc) is 2.74. The van der Waals surface area contributed by atoms with Crippen LogP contribution in [0.4, 0.5) is 5.82 Å². The van der Waals surface area contributed by atoms with Crippen LogP contribution >= 0.6 is 11.6 Å². The third-order valence-electron chi connectivity index (χ3n) is 5.34. The first-order valence-electron chi connectivity index (χ1n) is 10.8. The molecule has 0 radical (unpaired) electrons. The van der Waals surface area contributed by atoms with Gasteiger partial charge in [-0.1, -0.05) is 37.3 Å². The second-order valence-electron chi connectivity index (χ2n) is 7.88. The number of methoxy groups -OCH3 is 1. The highest BCUT2D eigenvalue weighted by Gasteiger charge is 2.21. The van der Waals surface area contributed by atoms with Gasteiger partial charge in [0.15, 0.2) is 0 Å². The van der Waals surface area contributed by atoms with Crippen LogP contribution < -0.4 is 10.1 Å². The SMILES string of the molecule is C/C=C\C(=C/CC)C(Nc1nc(Cl)nc(C)c1CN(C)C(C)C)c1ccc(OC)cc1. The van der Waals surface area contributed by atoms with Gasteiger partial charge < -0.3 is 10.1 Å². The summed E-state index contributed by atoms with van der Waals surface area (Å²) in [5.41, 5.74) is 4.23. The molecule has 31 heavy (non-hydrogen) atoms. The van der Waals surface area contributed by atoms with E-state index in [9.17, 15) is 0 Å². The molecular formula is C25H35ClN4O. The fraction of sp³-hybridized carbons (Fsp3) is 0.440. The van der Waals surface area contributed by atoms with Gasteiger partial charge >= 0.3 is 0 Å². The Morgan fingerprint density at radius 2 is 1.90 bits per heavy atom. The van der Waals surface area contributed by atoms with Crippen molar-refractivity contribution in [2.75, 3.05) is 19.5 Å². The summed E-state index contributed by atoms with van der Waals surface area (Å²) >= 11 is 6.27. The molecule has 0 amide bonds. The van der Waals surface area contributed by atoms with Gasteiger partial charge in [-0.05, 0) is 76.0 Å². The number of hydrogen-bond donors (Lipinski definition) is 1. The van der Waals surface area contributed by atoms with Gasteiger partial charge in [0.1, 0.15) is 11.6 Å². The zero-order chi connectivity index (χ0) is 23.0. The minimum atomic E-state index is -0.0875. The molecule has 168 valence electrons. The van der Waals surface area contributed by atoms with Gasteiger partial charge in [-0.2, -0.15) is 0 Å². The van der Waals surface area contributed by atoms with Gasteiger partial charge in [-0.3, -0.25) is 4.90 Å². The van der Waals surface area contributed by atoms with Crippen molar-refractivity contribution < 1.29 is 4.74 Å². The van der Waals surface area contributed by atoms with Crippen molar-refractivity contribution in [3.63, 3.8) is 0 Å². The molecule has 0 bridgehead atoms. The number of nitrogens with zero attached hydrogens (tertiary/aromatic N) is 3. The normalized spacial score (nSPS) is 13.3. The number of aromatic nitrogens is 2. The predicted molar refractivity (Wildman–Crippen MR) is 131 cm³/mol. The van der Waals surface area contributed by atoms with Crippen molar-refractivity contribution in [3.05, 3.63) is 70.2 Å². The molecule has 0 spiro atoms. The molecule has 0 aliphatic rings. The number of nitrogens with one attached hydrogen (secondary N) is 1. The van der Waals surface area contributed by atoms with E-state index in [2.05, 4.69) is 78.4 Å². The number of halogens is 1. The monoisotopic (exact) mass is 442 g/mol. The maximum absolute atomic E-state index is 6.27. The standard InChI is InChI=1S/C25H35ClN4O/c1-8-10-19(11-9-2)23(20-12-14-21(31-7)15-13-20)28-24-22(16-30(6)17(3)4)18(5)27-25(26)29-24/h8,10-15,17,23H,9,16H2,1-7H3,(H,27,28,29)/b10-8-,19-11+. The molecule has 1 aromatic heterocycles. The number of aryl methyl sites for hydroxylation is 1. The largest absolute Gasteiger partial charge is 0.497 e. The van der Waals surface area contributed by atoms with Crippen molar-refractivity contribution in [1.29, 1.82) is 0 Å². The maximum Gasteiger partial charge on any atom is 0.224 e.